The Balaban J connectivity index is 1.84. The van der Waals surface area contributed by atoms with Gasteiger partial charge in [-0.25, -0.2) is 0 Å². The lowest BCUT2D eigenvalue weighted by molar-refractivity contribution is 0.0515. The van der Waals surface area contributed by atoms with Crippen molar-refractivity contribution in [3.8, 4) is 17.1 Å². The molecule has 5 heteroatoms. The zero-order chi connectivity index (χ0) is 14.8. The first-order valence-electron chi connectivity index (χ1n) is 7.47. The second kappa shape index (κ2) is 5.77. The average Bonchev–Trinajstić information content (AvgIpc) is 3.12. The van der Waals surface area contributed by atoms with E-state index in [-0.39, 0.29) is 6.23 Å². The molecule has 1 saturated heterocycles. The Morgan fingerprint density at radius 1 is 1.19 bits per heavy atom. The van der Waals surface area contributed by atoms with Gasteiger partial charge < -0.3 is 10.6 Å². The minimum absolute atomic E-state index is 0.0221. The van der Waals surface area contributed by atoms with Crippen molar-refractivity contribution in [1.29, 1.82) is 0 Å². The van der Waals surface area contributed by atoms with E-state index in [1.54, 1.807) is 0 Å². The number of nitrogens with zero attached hydrogens (tertiary/aromatic N) is 3. The van der Waals surface area contributed by atoms with E-state index in [2.05, 4.69) is 16.9 Å². The van der Waals surface area contributed by atoms with Gasteiger partial charge in [-0.2, -0.15) is 0 Å². The van der Waals surface area contributed by atoms with Crippen molar-refractivity contribution in [3.63, 3.8) is 0 Å². The van der Waals surface area contributed by atoms with Gasteiger partial charge in [-0.15, -0.1) is 9.89 Å². The van der Waals surface area contributed by atoms with Crippen LogP contribution in [0.3, 0.4) is 0 Å². The van der Waals surface area contributed by atoms with Crippen LogP contribution in [0.15, 0.2) is 30.3 Å². The number of nitrogen functional groups attached to an aromatic ring is 1. The van der Waals surface area contributed by atoms with E-state index in [9.17, 15) is 0 Å². The van der Waals surface area contributed by atoms with Gasteiger partial charge in [0.05, 0.1) is 0 Å². The number of rotatable bonds is 4. The van der Waals surface area contributed by atoms with E-state index < -0.39 is 0 Å². The molecule has 2 N–H and O–H groups in total. The van der Waals surface area contributed by atoms with Crippen LogP contribution in [0.5, 0.6) is 5.88 Å². The molecule has 0 radical (unpaired) electrons. The molecule has 1 aliphatic heterocycles. The topological polar surface area (TPSA) is 56.3 Å². The Bertz CT molecular complexity index is 602. The summed E-state index contributed by atoms with van der Waals surface area (Å²) in [7, 11) is 0. The highest BCUT2D eigenvalue weighted by molar-refractivity contribution is 5.64. The molecule has 0 spiro atoms. The number of benzene rings is 1. The first-order chi connectivity index (χ1) is 10.2. The van der Waals surface area contributed by atoms with Crippen LogP contribution in [0.4, 0.5) is 0 Å². The van der Waals surface area contributed by atoms with E-state index >= 15 is 0 Å². The average molecular weight is 286 g/mol. The molecule has 1 aliphatic rings. The SMILES string of the molecule is Cc1c(-c2ccccc2)nn(N)c1OC(C)N1CCCC1. The summed E-state index contributed by atoms with van der Waals surface area (Å²) >= 11 is 0. The van der Waals surface area contributed by atoms with Gasteiger partial charge >= 0.3 is 0 Å². The van der Waals surface area contributed by atoms with Gasteiger partial charge in [-0.1, -0.05) is 30.3 Å². The zero-order valence-electron chi connectivity index (χ0n) is 12.6. The van der Waals surface area contributed by atoms with Crippen LogP contribution in [0.2, 0.25) is 0 Å². The first kappa shape index (κ1) is 13.9. The van der Waals surface area contributed by atoms with E-state index in [0.717, 1.165) is 29.9 Å². The van der Waals surface area contributed by atoms with Crippen LogP contribution in [0, 0.1) is 6.92 Å². The Kier molecular flexibility index (Phi) is 3.84. The van der Waals surface area contributed by atoms with Crippen LogP contribution in [-0.2, 0) is 0 Å². The van der Waals surface area contributed by atoms with Crippen LogP contribution in [0.1, 0.15) is 25.3 Å². The fourth-order valence-corrected chi connectivity index (χ4v) is 2.86. The van der Waals surface area contributed by atoms with Gasteiger partial charge in [0.25, 0.3) is 0 Å². The fraction of sp³-hybridized carbons (Fsp3) is 0.438. The Labute approximate surface area is 125 Å². The minimum atomic E-state index is 0.0221. The Morgan fingerprint density at radius 3 is 2.52 bits per heavy atom. The van der Waals surface area contributed by atoms with Crippen molar-refractivity contribution < 1.29 is 4.74 Å². The van der Waals surface area contributed by atoms with E-state index in [1.165, 1.54) is 17.6 Å². The van der Waals surface area contributed by atoms with Crippen molar-refractivity contribution in [1.82, 2.24) is 14.8 Å². The molecule has 1 fully saturated rings. The summed E-state index contributed by atoms with van der Waals surface area (Å²) in [4.78, 5) is 3.68. The molecule has 5 nitrogen and oxygen atoms in total. The zero-order valence-corrected chi connectivity index (χ0v) is 12.6. The van der Waals surface area contributed by atoms with Crippen LogP contribution < -0.4 is 10.6 Å². The molecule has 0 amide bonds. The van der Waals surface area contributed by atoms with Crippen LogP contribution in [-0.4, -0.2) is 34.1 Å². The van der Waals surface area contributed by atoms with Gasteiger partial charge in [0, 0.05) is 24.2 Å². The summed E-state index contributed by atoms with van der Waals surface area (Å²) in [6.07, 6.45) is 2.50. The Hall–Kier alpha value is -2.01. The third kappa shape index (κ3) is 2.74. The molecule has 112 valence electrons. The molecule has 1 unspecified atom stereocenters. The number of aromatic nitrogens is 2. The van der Waals surface area contributed by atoms with Crippen molar-refractivity contribution in [2.75, 3.05) is 18.9 Å². The lowest BCUT2D eigenvalue weighted by atomic mass is 10.1. The summed E-state index contributed by atoms with van der Waals surface area (Å²) in [6, 6.07) is 10.0. The molecule has 1 aromatic carbocycles. The molecular formula is C16H22N4O. The number of likely N-dealkylation sites (tertiary alicyclic amines) is 1. The minimum Gasteiger partial charge on any atom is -0.457 e. The quantitative estimate of drug-likeness (QED) is 0.877. The molecule has 3 rings (SSSR count). The normalized spacial score (nSPS) is 17.0. The highest BCUT2D eigenvalue weighted by Gasteiger charge is 2.23. The maximum absolute atomic E-state index is 6.06. The molecule has 21 heavy (non-hydrogen) atoms. The predicted octanol–water partition coefficient (Wildman–Crippen LogP) is 2.39. The maximum atomic E-state index is 6.06. The standard InChI is InChI=1S/C16H22N4O/c1-12-15(14-8-4-3-5-9-14)18-20(17)16(12)21-13(2)19-10-6-7-11-19/h3-5,8-9,13H,6-7,10-11,17H2,1-2H3. The molecule has 2 heterocycles. The summed E-state index contributed by atoms with van der Waals surface area (Å²) < 4.78 is 6.06. The highest BCUT2D eigenvalue weighted by atomic mass is 16.5. The van der Waals surface area contributed by atoms with E-state index in [0.29, 0.717) is 5.88 Å². The second-order valence-electron chi connectivity index (χ2n) is 5.55. The molecular weight excluding hydrogens is 264 g/mol. The van der Waals surface area contributed by atoms with Crippen molar-refractivity contribution >= 4 is 0 Å². The summed E-state index contributed by atoms with van der Waals surface area (Å²) in [5.41, 5.74) is 2.91. The lowest BCUT2D eigenvalue weighted by Gasteiger charge is -2.24. The number of ether oxygens (including phenoxy) is 1. The van der Waals surface area contributed by atoms with Gasteiger partial charge in [-0.05, 0) is 26.7 Å². The largest absolute Gasteiger partial charge is 0.457 e. The molecule has 1 atom stereocenters. The number of nitrogens with two attached hydrogens (primary N) is 1. The monoisotopic (exact) mass is 286 g/mol. The van der Waals surface area contributed by atoms with Gasteiger partial charge in [0.1, 0.15) is 5.69 Å². The number of hydrogen-bond acceptors (Lipinski definition) is 4. The summed E-state index contributed by atoms with van der Waals surface area (Å²) in [5.74, 6) is 6.64. The van der Waals surface area contributed by atoms with E-state index in [4.69, 9.17) is 10.6 Å². The van der Waals surface area contributed by atoms with Crippen LogP contribution >= 0.6 is 0 Å². The smallest absolute Gasteiger partial charge is 0.237 e. The molecule has 2 aromatic rings. The lowest BCUT2D eigenvalue weighted by Crippen LogP contribution is -2.35. The van der Waals surface area contributed by atoms with Gasteiger partial charge in [0.2, 0.25) is 5.88 Å². The summed E-state index contributed by atoms with van der Waals surface area (Å²) in [5, 5.41) is 4.41. The molecule has 0 bridgehead atoms. The van der Waals surface area contributed by atoms with Gasteiger partial charge in [0.15, 0.2) is 6.23 Å². The predicted molar refractivity (Wildman–Crippen MR) is 83.4 cm³/mol. The van der Waals surface area contributed by atoms with Crippen LogP contribution in [0.25, 0.3) is 11.3 Å². The molecule has 0 saturated carbocycles. The number of hydrogen-bond donors (Lipinski definition) is 1. The van der Waals surface area contributed by atoms with Gasteiger partial charge in [-0.3, -0.25) is 4.90 Å². The third-order valence-corrected chi connectivity index (χ3v) is 4.08. The Morgan fingerprint density at radius 2 is 1.86 bits per heavy atom. The third-order valence-electron chi connectivity index (χ3n) is 4.08. The molecule has 0 aliphatic carbocycles. The second-order valence-corrected chi connectivity index (χ2v) is 5.55. The highest BCUT2D eigenvalue weighted by Crippen LogP contribution is 2.29. The maximum Gasteiger partial charge on any atom is 0.237 e. The fourth-order valence-electron chi connectivity index (χ4n) is 2.86. The van der Waals surface area contributed by atoms with Crippen molar-refractivity contribution in [2.45, 2.75) is 32.9 Å². The first-order valence-corrected chi connectivity index (χ1v) is 7.47. The van der Waals surface area contributed by atoms with Crippen molar-refractivity contribution in [2.24, 2.45) is 0 Å². The summed E-state index contributed by atoms with van der Waals surface area (Å²) in [6.45, 7) is 6.25. The molecule has 1 aromatic heterocycles. The van der Waals surface area contributed by atoms with Crippen molar-refractivity contribution in [3.05, 3.63) is 35.9 Å². The van der Waals surface area contributed by atoms with E-state index in [1.807, 2.05) is 37.3 Å².